The van der Waals surface area contributed by atoms with Crippen molar-refractivity contribution in [2.45, 2.75) is 4.90 Å². The number of thioether (sulfide) groups is 1. The van der Waals surface area contributed by atoms with Crippen molar-refractivity contribution in [2.75, 3.05) is 5.75 Å². The molecule has 0 amide bonds. The number of halogens is 1. The van der Waals surface area contributed by atoms with Gasteiger partial charge in [-0.2, -0.15) is 5.26 Å². The van der Waals surface area contributed by atoms with Gasteiger partial charge >= 0.3 is 5.97 Å². The Kier molecular flexibility index (Phi) is 3.98. The van der Waals surface area contributed by atoms with Crippen LogP contribution >= 0.6 is 27.7 Å². The highest BCUT2D eigenvalue weighted by atomic mass is 79.9. The molecule has 0 spiro atoms. The topological polar surface area (TPSA) is 61.1 Å². The molecule has 0 aromatic heterocycles. The number of rotatable bonds is 3. The van der Waals surface area contributed by atoms with E-state index in [-0.39, 0.29) is 5.75 Å². The smallest absolute Gasteiger partial charge is 0.313 e. The van der Waals surface area contributed by atoms with Gasteiger partial charge in [-0.3, -0.25) is 4.79 Å². The lowest BCUT2D eigenvalue weighted by Gasteiger charge is -2.01. The zero-order valence-electron chi connectivity index (χ0n) is 7.03. The lowest BCUT2D eigenvalue weighted by molar-refractivity contribution is -0.133. The second-order valence-corrected chi connectivity index (χ2v) is 4.37. The molecule has 0 saturated heterocycles. The van der Waals surface area contributed by atoms with Gasteiger partial charge in [-0.25, -0.2) is 0 Å². The number of nitriles is 1. The van der Waals surface area contributed by atoms with E-state index in [4.69, 9.17) is 10.4 Å². The van der Waals surface area contributed by atoms with E-state index in [2.05, 4.69) is 15.9 Å². The quantitative estimate of drug-likeness (QED) is 0.859. The molecule has 0 aliphatic rings. The van der Waals surface area contributed by atoms with E-state index >= 15 is 0 Å². The van der Waals surface area contributed by atoms with Crippen LogP contribution in [0.15, 0.2) is 27.6 Å². The number of hydrogen-bond acceptors (Lipinski definition) is 3. The molecule has 0 aliphatic carbocycles. The van der Waals surface area contributed by atoms with Crippen molar-refractivity contribution in [1.82, 2.24) is 0 Å². The highest BCUT2D eigenvalue weighted by Gasteiger charge is 2.05. The van der Waals surface area contributed by atoms with Crippen LogP contribution in [-0.2, 0) is 4.79 Å². The van der Waals surface area contributed by atoms with Crippen molar-refractivity contribution in [3.8, 4) is 6.07 Å². The monoisotopic (exact) mass is 271 g/mol. The number of carbonyl (C=O) groups is 1. The van der Waals surface area contributed by atoms with Crippen LogP contribution in [0, 0.1) is 11.3 Å². The predicted molar refractivity (Wildman–Crippen MR) is 57.2 cm³/mol. The van der Waals surface area contributed by atoms with Crippen LogP contribution in [0.3, 0.4) is 0 Å². The summed E-state index contributed by atoms with van der Waals surface area (Å²) in [6.07, 6.45) is 0. The van der Waals surface area contributed by atoms with E-state index in [1.807, 2.05) is 6.07 Å². The van der Waals surface area contributed by atoms with Gasteiger partial charge < -0.3 is 5.11 Å². The SMILES string of the molecule is N#Cc1cc(Br)ccc1SCC(=O)O. The summed E-state index contributed by atoms with van der Waals surface area (Å²) in [7, 11) is 0. The molecule has 0 heterocycles. The maximum Gasteiger partial charge on any atom is 0.313 e. The summed E-state index contributed by atoms with van der Waals surface area (Å²) in [5.41, 5.74) is 0.491. The molecule has 0 saturated carbocycles. The van der Waals surface area contributed by atoms with Crippen LogP contribution in [0.1, 0.15) is 5.56 Å². The fraction of sp³-hybridized carbons (Fsp3) is 0.111. The van der Waals surface area contributed by atoms with Gasteiger partial charge in [0.1, 0.15) is 6.07 Å². The molecule has 0 atom stereocenters. The first-order valence-electron chi connectivity index (χ1n) is 3.67. The van der Waals surface area contributed by atoms with E-state index in [0.717, 1.165) is 16.2 Å². The third kappa shape index (κ3) is 3.05. The Labute approximate surface area is 93.9 Å². The first kappa shape index (κ1) is 11.1. The Balaban J connectivity index is 2.87. The van der Waals surface area contributed by atoms with Crippen molar-refractivity contribution in [3.63, 3.8) is 0 Å². The Morgan fingerprint density at radius 2 is 2.36 bits per heavy atom. The maximum atomic E-state index is 10.3. The third-order valence-corrected chi connectivity index (χ3v) is 2.96. The highest BCUT2D eigenvalue weighted by molar-refractivity contribution is 9.10. The summed E-state index contributed by atoms with van der Waals surface area (Å²) in [4.78, 5) is 11.0. The molecule has 0 radical (unpaired) electrons. The van der Waals surface area contributed by atoms with Gasteiger partial charge in [0.05, 0.1) is 11.3 Å². The summed E-state index contributed by atoms with van der Waals surface area (Å²) in [5, 5.41) is 17.3. The molecule has 5 heteroatoms. The van der Waals surface area contributed by atoms with Crippen LogP contribution < -0.4 is 0 Å². The van der Waals surface area contributed by atoms with Gasteiger partial charge in [-0.15, -0.1) is 11.8 Å². The van der Waals surface area contributed by atoms with Crippen molar-refractivity contribution >= 4 is 33.7 Å². The van der Waals surface area contributed by atoms with Crippen molar-refractivity contribution in [2.24, 2.45) is 0 Å². The van der Waals surface area contributed by atoms with Crippen LogP contribution in [-0.4, -0.2) is 16.8 Å². The van der Waals surface area contributed by atoms with Gasteiger partial charge in [0.2, 0.25) is 0 Å². The molecule has 1 rings (SSSR count). The summed E-state index contributed by atoms with van der Waals surface area (Å²) < 4.78 is 0.814. The van der Waals surface area contributed by atoms with Crippen LogP contribution in [0.4, 0.5) is 0 Å². The van der Waals surface area contributed by atoms with Crippen LogP contribution in [0.5, 0.6) is 0 Å². The fourth-order valence-corrected chi connectivity index (χ4v) is 1.92. The first-order chi connectivity index (χ1) is 6.63. The molecule has 0 fully saturated rings. The highest BCUT2D eigenvalue weighted by Crippen LogP contribution is 2.25. The Morgan fingerprint density at radius 1 is 1.64 bits per heavy atom. The molecule has 0 unspecified atom stereocenters. The predicted octanol–water partition coefficient (Wildman–Crippen LogP) is 2.50. The second kappa shape index (κ2) is 5.03. The van der Waals surface area contributed by atoms with Crippen molar-refractivity contribution in [3.05, 3.63) is 28.2 Å². The number of carboxylic acids is 1. The van der Waals surface area contributed by atoms with E-state index in [0.29, 0.717) is 10.5 Å². The Morgan fingerprint density at radius 3 is 2.93 bits per heavy atom. The normalized spacial score (nSPS) is 9.43. The Hall–Kier alpha value is -0.990. The van der Waals surface area contributed by atoms with E-state index < -0.39 is 5.97 Å². The summed E-state index contributed by atoms with van der Waals surface area (Å²) in [6, 6.07) is 7.20. The number of nitrogens with zero attached hydrogens (tertiary/aromatic N) is 1. The maximum absolute atomic E-state index is 10.3. The van der Waals surface area contributed by atoms with Crippen molar-refractivity contribution < 1.29 is 9.90 Å². The zero-order valence-corrected chi connectivity index (χ0v) is 9.43. The molecule has 1 aromatic carbocycles. The molecular formula is C9H6BrNO2S. The Bertz CT molecular complexity index is 400. The average Bonchev–Trinajstić information content (AvgIpc) is 2.15. The largest absolute Gasteiger partial charge is 0.481 e. The summed E-state index contributed by atoms with van der Waals surface area (Å²) in [5.74, 6) is -0.919. The van der Waals surface area contributed by atoms with Crippen LogP contribution in [0.25, 0.3) is 0 Å². The molecule has 0 aliphatic heterocycles. The average molecular weight is 272 g/mol. The minimum Gasteiger partial charge on any atom is -0.481 e. The van der Waals surface area contributed by atoms with E-state index in [9.17, 15) is 4.79 Å². The van der Waals surface area contributed by atoms with E-state index in [1.165, 1.54) is 0 Å². The fourth-order valence-electron chi connectivity index (χ4n) is 0.855. The summed E-state index contributed by atoms with van der Waals surface area (Å²) in [6.45, 7) is 0. The number of carboxylic acid groups (broad SMARTS) is 1. The second-order valence-electron chi connectivity index (χ2n) is 2.43. The molecule has 14 heavy (non-hydrogen) atoms. The number of hydrogen-bond donors (Lipinski definition) is 1. The minimum atomic E-state index is -0.887. The zero-order chi connectivity index (χ0) is 10.6. The van der Waals surface area contributed by atoms with Crippen molar-refractivity contribution in [1.29, 1.82) is 5.26 Å². The first-order valence-corrected chi connectivity index (χ1v) is 5.45. The van der Waals surface area contributed by atoms with Gasteiger partial charge in [0.15, 0.2) is 0 Å². The summed E-state index contributed by atoms with van der Waals surface area (Å²) >= 11 is 4.39. The molecule has 72 valence electrons. The molecular weight excluding hydrogens is 266 g/mol. The molecule has 1 N–H and O–H groups in total. The van der Waals surface area contributed by atoms with Crippen LogP contribution in [0.2, 0.25) is 0 Å². The number of benzene rings is 1. The third-order valence-electron chi connectivity index (χ3n) is 1.41. The standard InChI is InChI=1S/C9H6BrNO2S/c10-7-1-2-8(6(3-7)4-11)14-5-9(12)13/h1-3H,5H2,(H,12,13). The molecule has 3 nitrogen and oxygen atoms in total. The molecule has 1 aromatic rings. The van der Waals surface area contributed by atoms with Gasteiger partial charge in [0, 0.05) is 9.37 Å². The minimum absolute atomic E-state index is 0.0314. The lowest BCUT2D eigenvalue weighted by atomic mass is 10.2. The van der Waals surface area contributed by atoms with E-state index in [1.54, 1.807) is 18.2 Å². The number of aliphatic carboxylic acids is 1. The lowest BCUT2D eigenvalue weighted by Crippen LogP contribution is -1.98. The molecule has 0 bridgehead atoms. The van der Waals surface area contributed by atoms with Gasteiger partial charge in [0.25, 0.3) is 0 Å². The van der Waals surface area contributed by atoms with Gasteiger partial charge in [-0.1, -0.05) is 15.9 Å². The van der Waals surface area contributed by atoms with Gasteiger partial charge in [-0.05, 0) is 18.2 Å².